The number of carbonyl (C=O) groups is 1. The number of sulfone groups is 1. The van der Waals surface area contributed by atoms with Crippen molar-refractivity contribution < 1.29 is 22.0 Å². The van der Waals surface area contributed by atoms with Crippen molar-refractivity contribution in [3.63, 3.8) is 0 Å². The van der Waals surface area contributed by atoms with E-state index >= 15 is 8.78 Å². The number of fused-ring (bicyclic) bond motifs is 1. The fourth-order valence-corrected chi connectivity index (χ4v) is 6.71. The van der Waals surface area contributed by atoms with Gasteiger partial charge in [0, 0.05) is 75.3 Å². The quantitative estimate of drug-likeness (QED) is 0.341. The Bertz CT molecular complexity index is 1770. The van der Waals surface area contributed by atoms with Gasteiger partial charge in [0.1, 0.15) is 17.3 Å². The molecular weight excluding hydrogens is 576 g/mol. The second-order valence-electron chi connectivity index (χ2n) is 11.3. The van der Waals surface area contributed by atoms with Gasteiger partial charge in [0.25, 0.3) is 0 Å². The number of carbonyl (C=O) groups excluding carboxylic acids is 1. The molecule has 2 aliphatic rings. The Hall–Kier alpha value is -3.94. The lowest BCUT2D eigenvalue weighted by Gasteiger charge is -2.32. The van der Waals surface area contributed by atoms with Crippen molar-refractivity contribution in [3.05, 3.63) is 77.1 Å². The molecule has 4 aromatic rings. The van der Waals surface area contributed by atoms with Crippen LogP contribution < -0.4 is 5.32 Å². The average Bonchev–Trinajstić information content (AvgIpc) is 3.38. The van der Waals surface area contributed by atoms with E-state index in [1.807, 2.05) is 32.2 Å². The minimum Gasteiger partial charge on any atom is -0.343 e. The van der Waals surface area contributed by atoms with Gasteiger partial charge in [0.2, 0.25) is 11.9 Å². The van der Waals surface area contributed by atoms with Gasteiger partial charge in [-0.05, 0) is 48.4 Å². The molecule has 2 aromatic carbocycles. The van der Waals surface area contributed by atoms with Gasteiger partial charge in [-0.25, -0.2) is 22.2 Å². The molecule has 0 atom stereocenters. The number of aromatic nitrogens is 3. The maximum absolute atomic E-state index is 15.2. The molecule has 0 radical (unpaired) electrons. The molecule has 0 aliphatic carbocycles. The highest BCUT2D eigenvalue weighted by Crippen LogP contribution is 2.26. The number of aryl methyl sites for hydroxylation is 1. The molecular formula is C30H33F2N7O3S. The summed E-state index contributed by atoms with van der Waals surface area (Å²) in [6.07, 6.45) is 3.34. The minimum atomic E-state index is -3.09. The third kappa shape index (κ3) is 6.38. The summed E-state index contributed by atoms with van der Waals surface area (Å²) in [5, 5.41) is 3.95. The van der Waals surface area contributed by atoms with Crippen LogP contribution in [0.5, 0.6) is 0 Å². The van der Waals surface area contributed by atoms with Crippen LogP contribution in [0.3, 0.4) is 0 Å². The second-order valence-corrected chi connectivity index (χ2v) is 13.6. The van der Waals surface area contributed by atoms with Crippen molar-refractivity contribution in [2.24, 2.45) is 0 Å². The van der Waals surface area contributed by atoms with Crippen LogP contribution in [-0.2, 0) is 27.7 Å². The van der Waals surface area contributed by atoms with Crippen molar-refractivity contribution in [2.75, 3.05) is 56.6 Å². The first kappa shape index (κ1) is 29.1. The van der Waals surface area contributed by atoms with Crippen LogP contribution in [0.25, 0.3) is 16.7 Å². The second kappa shape index (κ2) is 11.6. The van der Waals surface area contributed by atoms with Crippen LogP contribution in [0, 0.1) is 18.6 Å². The molecule has 226 valence electrons. The summed E-state index contributed by atoms with van der Waals surface area (Å²) < 4.78 is 55.4. The van der Waals surface area contributed by atoms with E-state index in [4.69, 9.17) is 0 Å². The fraction of sp³-hybridized carbons (Fsp3) is 0.367. The van der Waals surface area contributed by atoms with Crippen molar-refractivity contribution in [3.8, 4) is 5.69 Å². The van der Waals surface area contributed by atoms with Crippen molar-refractivity contribution >= 4 is 38.4 Å². The highest BCUT2D eigenvalue weighted by atomic mass is 32.2. The van der Waals surface area contributed by atoms with Crippen LogP contribution in [-0.4, -0.2) is 94.8 Å². The fourth-order valence-electron chi connectivity index (χ4n) is 5.43. The van der Waals surface area contributed by atoms with Gasteiger partial charge >= 0.3 is 0 Å². The zero-order valence-electron chi connectivity index (χ0n) is 24.1. The van der Waals surface area contributed by atoms with Crippen molar-refractivity contribution in [1.82, 2.24) is 29.2 Å². The monoisotopic (exact) mass is 609 g/mol. The normalized spacial score (nSPS) is 18.0. The zero-order valence-corrected chi connectivity index (χ0v) is 24.9. The van der Waals surface area contributed by atoms with Crippen LogP contribution in [0.15, 0.2) is 48.8 Å². The minimum absolute atomic E-state index is 0.000213. The third-order valence-corrected chi connectivity index (χ3v) is 9.79. The smallest absolute Gasteiger partial charge is 0.236 e. The molecule has 10 nitrogen and oxygen atoms in total. The molecule has 2 saturated heterocycles. The first-order valence-corrected chi connectivity index (χ1v) is 15.9. The van der Waals surface area contributed by atoms with Crippen molar-refractivity contribution in [2.45, 2.75) is 20.0 Å². The maximum atomic E-state index is 15.2. The summed E-state index contributed by atoms with van der Waals surface area (Å²) in [5.41, 5.74) is 3.65. The molecule has 43 heavy (non-hydrogen) atoms. The molecule has 0 spiro atoms. The molecule has 4 heterocycles. The van der Waals surface area contributed by atoms with E-state index in [1.54, 1.807) is 32.8 Å². The predicted molar refractivity (Wildman–Crippen MR) is 160 cm³/mol. The number of nitrogens with one attached hydrogen (secondary N) is 1. The largest absolute Gasteiger partial charge is 0.343 e. The van der Waals surface area contributed by atoms with Gasteiger partial charge in [-0.1, -0.05) is 6.07 Å². The molecule has 0 unspecified atom stereocenters. The summed E-state index contributed by atoms with van der Waals surface area (Å²) in [4.78, 5) is 26.9. The lowest BCUT2D eigenvalue weighted by atomic mass is 10.1. The Kier molecular flexibility index (Phi) is 7.88. The number of nitrogens with zero attached hydrogens (tertiary/aromatic N) is 6. The molecule has 1 amide bonds. The van der Waals surface area contributed by atoms with Gasteiger partial charge in [0.15, 0.2) is 9.84 Å². The van der Waals surface area contributed by atoms with Crippen molar-refractivity contribution in [1.29, 1.82) is 0 Å². The molecule has 6 rings (SSSR count). The standard InChI is InChI=1S/C30H33F2N7O3S/c1-20-3-4-23(13-22(20)17-38-8-7-36(2)28(40)19-38)34-30-33-16-21-5-6-39(29(21)35-30)24-14-26(31)25(27(32)15-24)18-37-9-11-43(41,42)12-10-37/h3-6,13-16H,7-12,17-19H2,1-2H3,(H,33,34,35). The first-order valence-electron chi connectivity index (χ1n) is 14.1. The number of amides is 1. The molecule has 2 aromatic heterocycles. The Morgan fingerprint density at radius 3 is 2.42 bits per heavy atom. The zero-order chi connectivity index (χ0) is 30.3. The van der Waals surface area contributed by atoms with Gasteiger partial charge < -0.3 is 14.8 Å². The highest BCUT2D eigenvalue weighted by molar-refractivity contribution is 7.91. The maximum Gasteiger partial charge on any atom is 0.236 e. The number of anilines is 2. The Morgan fingerprint density at radius 1 is 0.953 bits per heavy atom. The summed E-state index contributed by atoms with van der Waals surface area (Å²) >= 11 is 0. The van der Waals surface area contributed by atoms with Crippen LogP contribution in [0.1, 0.15) is 16.7 Å². The van der Waals surface area contributed by atoms with E-state index in [0.717, 1.165) is 23.4 Å². The van der Waals surface area contributed by atoms with E-state index in [-0.39, 0.29) is 48.3 Å². The Morgan fingerprint density at radius 2 is 1.70 bits per heavy atom. The van der Waals surface area contributed by atoms with Gasteiger partial charge in [-0.2, -0.15) is 4.98 Å². The third-order valence-electron chi connectivity index (χ3n) is 8.19. The summed E-state index contributed by atoms with van der Waals surface area (Å²) in [6, 6.07) is 10.3. The molecule has 2 aliphatic heterocycles. The highest BCUT2D eigenvalue weighted by Gasteiger charge is 2.24. The molecule has 0 saturated carbocycles. The van der Waals surface area contributed by atoms with Crippen LogP contribution >= 0.6 is 0 Å². The number of hydrogen-bond acceptors (Lipinski definition) is 8. The number of hydrogen-bond donors (Lipinski definition) is 1. The number of rotatable bonds is 7. The first-order chi connectivity index (χ1) is 20.5. The van der Waals surface area contributed by atoms with E-state index in [1.165, 1.54) is 12.1 Å². The molecule has 1 N–H and O–H groups in total. The summed E-state index contributed by atoms with van der Waals surface area (Å²) in [7, 11) is -1.27. The predicted octanol–water partition coefficient (Wildman–Crippen LogP) is 3.26. The van der Waals surface area contributed by atoms with Gasteiger partial charge in [-0.3, -0.25) is 14.6 Å². The summed E-state index contributed by atoms with van der Waals surface area (Å²) in [6.45, 7) is 5.06. The molecule has 2 fully saturated rings. The van der Waals surface area contributed by atoms with E-state index < -0.39 is 21.5 Å². The van der Waals surface area contributed by atoms with E-state index in [0.29, 0.717) is 36.6 Å². The Balaban J connectivity index is 1.21. The van der Waals surface area contributed by atoms with Crippen LogP contribution in [0.4, 0.5) is 20.4 Å². The van der Waals surface area contributed by atoms with E-state index in [2.05, 4.69) is 20.2 Å². The SMILES string of the molecule is Cc1ccc(Nc2ncc3ccn(-c4cc(F)c(CN5CCS(=O)(=O)CC5)c(F)c4)c3n2)cc1CN1CCN(C)C(=O)C1. The van der Waals surface area contributed by atoms with Gasteiger partial charge in [0.05, 0.1) is 23.7 Å². The lowest BCUT2D eigenvalue weighted by Crippen LogP contribution is -2.48. The lowest BCUT2D eigenvalue weighted by molar-refractivity contribution is -0.134. The number of likely N-dealkylation sites (N-methyl/N-ethyl adjacent to an activating group) is 1. The topological polar surface area (TPSA) is 104 Å². The number of piperazine rings is 1. The average molecular weight is 610 g/mol. The Labute approximate surface area is 248 Å². The van der Waals surface area contributed by atoms with E-state index in [9.17, 15) is 13.2 Å². The molecule has 13 heteroatoms. The van der Waals surface area contributed by atoms with Crippen LogP contribution in [0.2, 0.25) is 0 Å². The summed E-state index contributed by atoms with van der Waals surface area (Å²) in [5.74, 6) is -0.993. The number of halogens is 2. The number of benzene rings is 2. The van der Waals surface area contributed by atoms with Gasteiger partial charge in [-0.15, -0.1) is 0 Å². The molecule has 0 bridgehead atoms.